The molecule has 1 spiro atoms. The zero-order chi connectivity index (χ0) is 16.9. The monoisotopic (exact) mass is 332 g/mol. The summed E-state index contributed by atoms with van der Waals surface area (Å²) in [6, 6.07) is 17.5. The Kier molecular flexibility index (Phi) is 3.39. The lowest BCUT2D eigenvalue weighted by atomic mass is 9.87. The van der Waals surface area contributed by atoms with Crippen molar-refractivity contribution in [1.29, 1.82) is 0 Å². The van der Waals surface area contributed by atoms with Crippen LogP contribution >= 0.6 is 0 Å². The quantitative estimate of drug-likeness (QED) is 0.799. The first-order valence-corrected chi connectivity index (χ1v) is 9.38. The molecule has 0 radical (unpaired) electrons. The van der Waals surface area contributed by atoms with Gasteiger partial charge < -0.3 is 10.2 Å². The summed E-state index contributed by atoms with van der Waals surface area (Å²) in [5.41, 5.74) is 8.45. The van der Waals surface area contributed by atoms with E-state index >= 15 is 0 Å². The number of nitrogens with one attached hydrogen (secondary N) is 1. The highest BCUT2D eigenvalue weighted by Crippen LogP contribution is 2.49. The van der Waals surface area contributed by atoms with Crippen LogP contribution in [0.4, 0.5) is 0 Å². The third-order valence-corrected chi connectivity index (χ3v) is 5.82. The molecule has 1 fully saturated rings. The summed E-state index contributed by atoms with van der Waals surface area (Å²) in [4.78, 5) is 0. The maximum atomic E-state index is 6.61. The fraction of sp³-hybridized carbons (Fsp3) is 0.364. The zero-order valence-electron chi connectivity index (χ0n) is 14.7. The molecule has 0 unspecified atom stereocenters. The van der Waals surface area contributed by atoms with Gasteiger partial charge in [-0.15, -0.1) is 0 Å². The first kappa shape index (κ1) is 15.0. The molecule has 1 N–H and O–H groups in total. The smallest absolute Gasteiger partial charge is 0.180 e. The number of fused-ring (bicyclic) bond motifs is 4. The molecular formula is C22H24N2O. The Morgan fingerprint density at radius 1 is 1.00 bits per heavy atom. The molecule has 2 aromatic carbocycles. The summed E-state index contributed by atoms with van der Waals surface area (Å²) in [6.07, 6.45) is 8.30. The highest BCUT2D eigenvalue weighted by atomic mass is 16.5. The second-order valence-electron chi connectivity index (χ2n) is 7.52. The molecule has 0 saturated heterocycles. The van der Waals surface area contributed by atoms with Crippen molar-refractivity contribution < 1.29 is 4.74 Å². The van der Waals surface area contributed by atoms with Crippen LogP contribution in [-0.4, -0.2) is 10.7 Å². The normalized spacial score (nSPS) is 24.0. The summed E-state index contributed by atoms with van der Waals surface area (Å²) >= 11 is 0. The molecule has 3 heteroatoms. The molecule has 1 saturated carbocycles. The molecule has 2 heterocycles. The number of benzene rings is 2. The number of hydrogen-bond acceptors (Lipinski definition) is 3. The molecule has 2 aromatic rings. The first-order chi connectivity index (χ1) is 12.3. The number of hydrazine groups is 1. The zero-order valence-corrected chi connectivity index (χ0v) is 14.7. The average Bonchev–Trinajstić information content (AvgIpc) is 3.10. The SMILES string of the molecule is Cc1ccc(C2=C[C@H]3c4ccccc4OC4(CCCCC4)N3N2)cc1. The highest BCUT2D eigenvalue weighted by Gasteiger charge is 2.50. The van der Waals surface area contributed by atoms with Crippen LogP contribution in [0.5, 0.6) is 5.75 Å². The van der Waals surface area contributed by atoms with E-state index in [9.17, 15) is 0 Å². The van der Waals surface area contributed by atoms with Crippen molar-refractivity contribution in [2.45, 2.75) is 50.8 Å². The van der Waals surface area contributed by atoms with Crippen LogP contribution in [0.2, 0.25) is 0 Å². The largest absolute Gasteiger partial charge is 0.471 e. The first-order valence-electron chi connectivity index (χ1n) is 9.38. The number of hydrogen-bond donors (Lipinski definition) is 1. The standard InChI is InChI=1S/C22H24N2O/c1-16-9-11-17(12-10-16)19-15-20-18-7-3-4-8-21(18)25-22(24(20)23-19)13-5-2-6-14-22/h3-4,7-12,15,20,23H,2,5-6,13-14H2,1H3/t20-/m0/s1. The molecule has 3 aliphatic rings. The van der Waals surface area contributed by atoms with Gasteiger partial charge in [-0.1, -0.05) is 54.4 Å². The van der Waals surface area contributed by atoms with E-state index in [0.29, 0.717) is 0 Å². The highest BCUT2D eigenvalue weighted by molar-refractivity contribution is 5.67. The van der Waals surface area contributed by atoms with Gasteiger partial charge in [0.15, 0.2) is 5.72 Å². The minimum absolute atomic E-state index is 0.222. The molecule has 1 aliphatic carbocycles. The Morgan fingerprint density at radius 2 is 1.76 bits per heavy atom. The van der Waals surface area contributed by atoms with Crippen LogP contribution in [0.15, 0.2) is 54.6 Å². The van der Waals surface area contributed by atoms with Gasteiger partial charge in [0, 0.05) is 18.4 Å². The van der Waals surface area contributed by atoms with E-state index < -0.39 is 0 Å². The number of rotatable bonds is 1. The Hall–Kier alpha value is -2.26. The number of nitrogens with zero attached hydrogens (tertiary/aromatic N) is 1. The van der Waals surface area contributed by atoms with Gasteiger partial charge in [0.2, 0.25) is 0 Å². The van der Waals surface area contributed by atoms with Crippen molar-refractivity contribution in [3.8, 4) is 5.75 Å². The third kappa shape index (κ3) is 2.37. The number of ether oxygens (including phenoxy) is 1. The molecule has 3 nitrogen and oxygen atoms in total. The van der Waals surface area contributed by atoms with Gasteiger partial charge in [-0.2, -0.15) is 5.01 Å². The van der Waals surface area contributed by atoms with Crippen LogP contribution in [0.1, 0.15) is 54.8 Å². The Morgan fingerprint density at radius 3 is 2.56 bits per heavy atom. The van der Waals surface area contributed by atoms with Crippen molar-refractivity contribution in [2.75, 3.05) is 0 Å². The van der Waals surface area contributed by atoms with Crippen LogP contribution in [0.25, 0.3) is 5.70 Å². The second kappa shape index (κ2) is 5.63. The Bertz CT molecular complexity index is 818. The van der Waals surface area contributed by atoms with Crippen molar-refractivity contribution in [3.63, 3.8) is 0 Å². The Labute approximate surface area is 149 Å². The van der Waals surface area contributed by atoms with E-state index in [1.807, 2.05) is 0 Å². The molecule has 25 heavy (non-hydrogen) atoms. The van der Waals surface area contributed by atoms with E-state index in [2.05, 4.69) is 72.0 Å². The summed E-state index contributed by atoms with van der Waals surface area (Å²) in [5.74, 6) is 1.05. The van der Waals surface area contributed by atoms with E-state index in [0.717, 1.165) is 18.6 Å². The number of aryl methyl sites for hydroxylation is 1. The van der Waals surface area contributed by atoms with Gasteiger partial charge in [0.1, 0.15) is 5.75 Å². The lowest BCUT2D eigenvalue weighted by Gasteiger charge is -2.50. The molecule has 2 aliphatic heterocycles. The Balaban J connectivity index is 1.58. The van der Waals surface area contributed by atoms with E-state index in [4.69, 9.17) is 4.74 Å². The molecule has 0 bridgehead atoms. The minimum atomic E-state index is -0.222. The van der Waals surface area contributed by atoms with Crippen molar-refractivity contribution >= 4 is 5.70 Å². The maximum Gasteiger partial charge on any atom is 0.180 e. The molecule has 0 amide bonds. The van der Waals surface area contributed by atoms with Gasteiger partial charge >= 0.3 is 0 Å². The summed E-state index contributed by atoms with van der Waals surface area (Å²) < 4.78 is 6.61. The molecule has 5 rings (SSSR count). The van der Waals surface area contributed by atoms with E-state index in [1.165, 1.54) is 41.6 Å². The summed E-state index contributed by atoms with van der Waals surface area (Å²) in [7, 11) is 0. The predicted molar refractivity (Wildman–Crippen MR) is 99.8 cm³/mol. The lowest BCUT2D eigenvalue weighted by molar-refractivity contribution is -0.150. The van der Waals surface area contributed by atoms with Gasteiger partial charge in [0.25, 0.3) is 0 Å². The van der Waals surface area contributed by atoms with E-state index in [1.54, 1.807) is 0 Å². The molecule has 1 atom stereocenters. The lowest BCUT2D eigenvalue weighted by Crippen LogP contribution is -2.60. The summed E-state index contributed by atoms with van der Waals surface area (Å²) in [6.45, 7) is 2.13. The van der Waals surface area contributed by atoms with Crippen LogP contribution < -0.4 is 10.2 Å². The van der Waals surface area contributed by atoms with Crippen molar-refractivity contribution in [1.82, 2.24) is 10.4 Å². The molecular weight excluding hydrogens is 308 g/mol. The second-order valence-corrected chi connectivity index (χ2v) is 7.52. The fourth-order valence-electron chi connectivity index (χ4n) is 4.47. The number of para-hydroxylation sites is 1. The average molecular weight is 332 g/mol. The fourth-order valence-corrected chi connectivity index (χ4v) is 4.47. The van der Waals surface area contributed by atoms with Crippen LogP contribution in [0, 0.1) is 6.92 Å². The van der Waals surface area contributed by atoms with Crippen LogP contribution in [0.3, 0.4) is 0 Å². The van der Waals surface area contributed by atoms with Crippen molar-refractivity contribution in [3.05, 3.63) is 71.3 Å². The van der Waals surface area contributed by atoms with Gasteiger partial charge in [-0.3, -0.25) is 0 Å². The van der Waals surface area contributed by atoms with Gasteiger partial charge in [-0.05, 0) is 37.5 Å². The third-order valence-electron chi connectivity index (χ3n) is 5.82. The van der Waals surface area contributed by atoms with Crippen LogP contribution in [-0.2, 0) is 0 Å². The van der Waals surface area contributed by atoms with Gasteiger partial charge in [-0.25, -0.2) is 0 Å². The maximum absolute atomic E-state index is 6.61. The molecule has 128 valence electrons. The van der Waals surface area contributed by atoms with Gasteiger partial charge in [0.05, 0.1) is 11.7 Å². The minimum Gasteiger partial charge on any atom is -0.471 e. The molecule has 0 aromatic heterocycles. The van der Waals surface area contributed by atoms with Crippen molar-refractivity contribution in [2.24, 2.45) is 0 Å². The summed E-state index contributed by atoms with van der Waals surface area (Å²) in [5, 5.41) is 2.38. The predicted octanol–water partition coefficient (Wildman–Crippen LogP) is 4.95. The van der Waals surface area contributed by atoms with E-state index in [-0.39, 0.29) is 11.8 Å². The topological polar surface area (TPSA) is 24.5 Å².